The minimum Gasteiger partial charge on any atom is -0.483 e. The van der Waals surface area contributed by atoms with Crippen LogP contribution in [0.5, 0.6) is 5.75 Å². The van der Waals surface area contributed by atoms with Crippen LogP contribution in [0.25, 0.3) is 10.8 Å². The zero-order chi connectivity index (χ0) is 21.6. The van der Waals surface area contributed by atoms with E-state index in [9.17, 15) is 9.59 Å². The molecule has 0 unspecified atom stereocenters. The van der Waals surface area contributed by atoms with Crippen molar-refractivity contribution in [2.75, 3.05) is 17.2 Å². The van der Waals surface area contributed by atoms with Crippen LogP contribution in [0.4, 0.5) is 11.4 Å². The number of hydrogen-bond acceptors (Lipinski definition) is 3. The number of nitrogens with one attached hydrogen (secondary N) is 2. The van der Waals surface area contributed by atoms with Crippen molar-refractivity contribution in [3.05, 3.63) is 102 Å². The van der Waals surface area contributed by atoms with E-state index in [1.54, 1.807) is 30.3 Å². The summed E-state index contributed by atoms with van der Waals surface area (Å²) in [6.45, 7) is 1.85. The van der Waals surface area contributed by atoms with Gasteiger partial charge < -0.3 is 15.4 Å². The van der Waals surface area contributed by atoms with Crippen LogP contribution in [0.2, 0.25) is 0 Å². The fourth-order valence-corrected chi connectivity index (χ4v) is 3.29. The van der Waals surface area contributed by atoms with E-state index < -0.39 is 0 Å². The molecule has 0 spiro atoms. The molecule has 154 valence electrons. The van der Waals surface area contributed by atoms with Crippen LogP contribution in [0, 0.1) is 6.92 Å². The van der Waals surface area contributed by atoms with E-state index in [1.807, 2.05) is 67.6 Å². The van der Waals surface area contributed by atoms with Crippen molar-refractivity contribution in [2.24, 2.45) is 0 Å². The van der Waals surface area contributed by atoms with Gasteiger partial charge in [0.25, 0.3) is 11.8 Å². The first-order valence-corrected chi connectivity index (χ1v) is 9.97. The summed E-state index contributed by atoms with van der Waals surface area (Å²) in [6.07, 6.45) is 0. The van der Waals surface area contributed by atoms with Gasteiger partial charge in [-0.3, -0.25) is 9.59 Å². The molecule has 2 N–H and O–H groups in total. The largest absolute Gasteiger partial charge is 0.483 e. The number of ether oxygens (including phenoxy) is 1. The molecule has 0 saturated heterocycles. The van der Waals surface area contributed by atoms with Gasteiger partial charge in [-0.05, 0) is 54.8 Å². The second-order valence-electron chi connectivity index (χ2n) is 7.22. The van der Waals surface area contributed by atoms with E-state index in [0.29, 0.717) is 22.7 Å². The van der Waals surface area contributed by atoms with Crippen molar-refractivity contribution in [2.45, 2.75) is 6.92 Å². The molecule has 0 bridgehead atoms. The van der Waals surface area contributed by atoms with Gasteiger partial charge in [0.15, 0.2) is 6.61 Å². The Kier molecular flexibility index (Phi) is 5.94. The van der Waals surface area contributed by atoms with Gasteiger partial charge in [0.05, 0.1) is 0 Å². The maximum atomic E-state index is 12.3. The molecule has 0 aliphatic heterocycles. The Morgan fingerprint density at radius 1 is 0.774 bits per heavy atom. The Morgan fingerprint density at radius 2 is 1.45 bits per heavy atom. The molecular weight excluding hydrogens is 388 g/mol. The Balaban J connectivity index is 1.33. The number of hydrogen-bond donors (Lipinski definition) is 2. The van der Waals surface area contributed by atoms with Gasteiger partial charge in [0.2, 0.25) is 0 Å². The highest BCUT2D eigenvalue weighted by atomic mass is 16.5. The summed E-state index contributed by atoms with van der Waals surface area (Å²) < 4.78 is 5.72. The van der Waals surface area contributed by atoms with Crippen LogP contribution < -0.4 is 15.4 Å². The lowest BCUT2D eigenvalue weighted by atomic mass is 10.1. The first-order valence-electron chi connectivity index (χ1n) is 9.97. The normalized spacial score (nSPS) is 10.5. The molecule has 0 radical (unpaired) electrons. The molecule has 4 rings (SSSR count). The number of amides is 2. The second kappa shape index (κ2) is 9.13. The lowest BCUT2D eigenvalue weighted by molar-refractivity contribution is -0.118. The monoisotopic (exact) mass is 410 g/mol. The maximum Gasteiger partial charge on any atom is 0.262 e. The molecule has 5 heteroatoms. The SMILES string of the molecule is Cc1cccc(C(=O)Nc2ccc(NC(=O)COc3cccc4ccccc34)cc2)c1. The summed E-state index contributed by atoms with van der Waals surface area (Å²) in [5, 5.41) is 7.68. The Bertz CT molecular complexity index is 1230. The third-order valence-electron chi connectivity index (χ3n) is 4.82. The van der Waals surface area contributed by atoms with Crippen molar-refractivity contribution in [3.63, 3.8) is 0 Å². The fraction of sp³-hybridized carbons (Fsp3) is 0.0769. The fourth-order valence-electron chi connectivity index (χ4n) is 3.29. The van der Waals surface area contributed by atoms with Gasteiger partial charge in [-0.2, -0.15) is 0 Å². The highest BCUT2D eigenvalue weighted by Gasteiger charge is 2.08. The number of anilines is 2. The maximum absolute atomic E-state index is 12.3. The summed E-state index contributed by atoms with van der Waals surface area (Å²) in [4.78, 5) is 24.6. The topological polar surface area (TPSA) is 67.4 Å². The van der Waals surface area contributed by atoms with Gasteiger partial charge in [0.1, 0.15) is 5.75 Å². The number of fused-ring (bicyclic) bond motifs is 1. The molecule has 4 aromatic carbocycles. The van der Waals surface area contributed by atoms with Crippen LogP contribution in [0.1, 0.15) is 15.9 Å². The highest BCUT2D eigenvalue weighted by Crippen LogP contribution is 2.25. The number of aryl methyl sites for hydroxylation is 1. The zero-order valence-corrected chi connectivity index (χ0v) is 17.1. The highest BCUT2D eigenvalue weighted by molar-refractivity contribution is 6.04. The zero-order valence-electron chi connectivity index (χ0n) is 17.1. The molecule has 0 fully saturated rings. The van der Waals surface area contributed by atoms with Crippen molar-refractivity contribution >= 4 is 34.0 Å². The third-order valence-corrected chi connectivity index (χ3v) is 4.82. The Morgan fingerprint density at radius 3 is 2.23 bits per heavy atom. The average molecular weight is 410 g/mol. The molecule has 2 amide bonds. The van der Waals surface area contributed by atoms with E-state index in [4.69, 9.17) is 4.74 Å². The Labute approximate surface area is 180 Å². The first kappa shape index (κ1) is 20.2. The van der Waals surface area contributed by atoms with E-state index in [2.05, 4.69) is 10.6 Å². The molecule has 4 aromatic rings. The standard InChI is InChI=1S/C26H22N2O3/c1-18-6-4-9-20(16-18)26(30)28-22-14-12-21(13-15-22)27-25(29)17-31-24-11-5-8-19-7-2-3-10-23(19)24/h2-16H,17H2,1H3,(H,27,29)(H,28,30). The average Bonchev–Trinajstić information content (AvgIpc) is 2.79. The summed E-state index contributed by atoms with van der Waals surface area (Å²) in [6, 6.07) is 28.0. The number of benzene rings is 4. The molecule has 0 aromatic heterocycles. The lowest BCUT2D eigenvalue weighted by Gasteiger charge is -2.11. The predicted molar refractivity (Wildman–Crippen MR) is 124 cm³/mol. The summed E-state index contributed by atoms with van der Waals surface area (Å²) >= 11 is 0. The van der Waals surface area contributed by atoms with Gasteiger partial charge in [-0.1, -0.05) is 54.1 Å². The van der Waals surface area contributed by atoms with Crippen LogP contribution >= 0.6 is 0 Å². The minimum absolute atomic E-state index is 0.0974. The van der Waals surface area contributed by atoms with Crippen molar-refractivity contribution in [1.82, 2.24) is 0 Å². The summed E-state index contributed by atoms with van der Waals surface area (Å²) in [7, 11) is 0. The van der Waals surface area contributed by atoms with Gasteiger partial charge in [-0.15, -0.1) is 0 Å². The van der Waals surface area contributed by atoms with E-state index in [0.717, 1.165) is 16.3 Å². The van der Waals surface area contributed by atoms with Crippen LogP contribution in [0.15, 0.2) is 91.0 Å². The molecule has 31 heavy (non-hydrogen) atoms. The van der Waals surface area contributed by atoms with Crippen molar-refractivity contribution < 1.29 is 14.3 Å². The summed E-state index contributed by atoms with van der Waals surface area (Å²) in [5.74, 6) is 0.232. The molecule has 0 saturated carbocycles. The van der Waals surface area contributed by atoms with E-state index in [1.165, 1.54) is 0 Å². The molecule has 5 nitrogen and oxygen atoms in total. The van der Waals surface area contributed by atoms with Crippen molar-refractivity contribution in [1.29, 1.82) is 0 Å². The molecule has 0 aliphatic rings. The second-order valence-corrected chi connectivity index (χ2v) is 7.22. The van der Waals surface area contributed by atoms with E-state index in [-0.39, 0.29) is 18.4 Å². The lowest BCUT2D eigenvalue weighted by Crippen LogP contribution is -2.20. The third kappa shape index (κ3) is 5.08. The smallest absolute Gasteiger partial charge is 0.262 e. The number of carbonyl (C=O) groups is 2. The molecule has 0 atom stereocenters. The van der Waals surface area contributed by atoms with Crippen molar-refractivity contribution in [3.8, 4) is 5.75 Å². The Hall–Kier alpha value is -4.12. The summed E-state index contributed by atoms with van der Waals surface area (Å²) in [5.41, 5.74) is 2.90. The minimum atomic E-state index is -0.260. The van der Waals surface area contributed by atoms with Gasteiger partial charge in [-0.25, -0.2) is 0 Å². The van der Waals surface area contributed by atoms with E-state index >= 15 is 0 Å². The predicted octanol–water partition coefficient (Wildman–Crippen LogP) is 5.42. The quantitative estimate of drug-likeness (QED) is 0.446. The molecule has 0 aliphatic carbocycles. The van der Waals surface area contributed by atoms with Crippen LogP contribution in [-0.4, -0.2) is 18.4 Å². The van der Waals surface area contributed by atoms with Crippen LogP contribution in [0.3, 0.4) is 0 Å². The number of carbonyl (C=O) groups excluding carboxylic acids is 2. The molecular formula is C26H22N2O3. The van der Waals surface area contributed by atoms with Gasteiger partial charge >= 0.3 is 0 Å². The van der Waals surface area contributed by atoms with Crippen LogP contribution in [-0.2, 0) is 4.79 Å². The van der Waals surface area contributed by atoms with Gasteiger partial charge in [0, 0.05) is 22.3 Å². The number of rotatable bonds is 6. The first-order chi connectivity index (χ1) is 15.1. The molecule has 0 heterocycles.